The Morgan fingerprint density at radius 3 is 2.65 bits per heavy atom. The summed E-state index contributed by atoms with van der Waals surface area (Å²) in [6.07, 6.45) is 1.47. The first-order valence-electron chi connectivity index (χ1n) is 7.74. The third-order valence-electron chi connectivity index (χ3n) is 3.73. The number of aliphatic hydroxyl groups is 1. The second-order valence-electron chi connectivity index (χ2n) is 5.51. The van der Waals surface area contributed by atoms with Crippen molar-refractivity contribution in [2.24, 2.45) is 0 Å². The normalized spacial score (nSPS) is 13.3. The molecule has 1 aromatic carbocycles. The highest BCUT2D eigenvalue weighted by Crippen LogP contribution is 2.20. The van der Waals surface area contributed by atoms with Gasteiger partial charge in [0.25, 0.3) is 0 Å². The molecule has 23 heavy (non-hydrogen) atoms. The Labute approximate surface area is 141 Å². The van der Waals surface area contributed by atoms with Crippen molar-refractivity contribution in [3.8, 4) is 5.75 Å². The fourth-order valence-electron chi connectivity index (χ4n) is 2.37. The van der Waals surface area contributed by atoms with Gasteiger partial charge in [-0.25, -0.2) is 0 Å². The van der Waals surface area contributed by atoms with Crippen LogP contribution in [0.3, 0.4) is 0 Å². The number of amides is 1. The summed E-state index contributed by atoms with van der Waals surface area (Å²) in [5.74, 6) is 0.716. The van der Waals surface area contributed by atoms with Gasteiger partial charge in [0.15, 0.2) is 0 Å². The summed E-state index contributed by atoms with van der Waals surface area (Å²) in [5.41, 5.74) is 0.761. The molecule has 2 N–H and O–H groups in total. The lowest BCUT2D eigenvalue weighted by molar-refractivity contribution is -0.122. The first-order valence-corrected chi connectivity index (χ1v) is 8.62. The zero-order valence-corrected chi connectivity index (χ0v) is 14.3. The second-order valence-corrected chi connectivity index (χ2v) is 6.54. The molecule has 2 rings (SSSR count). The predicted molar refractivity (Wildman–Crippen MR) is 92.8 cm³/mol. The van der Waals surface area contributed by atoms with Gasteiger partial charge in [-0.15, -0.1) is 11.3 Å². The van der Waals surface area contributed by atoms with Crippen LogP contribution >= 0.6 is 11.3 Å². The molecular formula is C18H23NO3S. The molecule has 2 unspecified atom stereocenters. The van der Waals surface area contributed by atoms with E-state index in [1.165, 1.54) is 4.88 Å². The van der Waals surface area contributed by atoms with Gasteiger partial charge < -0.3 is 15.2 Å². The molecule has 1 heterocycles. The third kappa shape index (κ3) is 5.37. The molecule has 2 atom stereocenters. The summed E-state index contributed by atoms with van der Waals surface area (Å²) in [4.78, 5) is 13.3. The van der Waals surface area contributed by atoms with Crippen LogP contribution in [0.2, 0.25) is 0 Å². The van der Waals surface area contributed by atoms with Crippen molar-refractivity contribution in [1.82, 2.24) is 5.32 Å². The molecule has 4 nitrogen and oxygen atoms in total. The van der Waals surface area contributed by atoms with Crippen LogP contribution in [0.25, 0.3) is 0 Å². The minimum Gasteiger partial charge on any atom is -0.497 e. The van der Waals surface area contributed by atoms with Crippen LogP contribution in [0.15, 0.2) is 41.8 Å². The van der Waals surface area contributed by atoms with Crippen LogP contribution in [-0.2, 0) is 11.2 Å². The number of aliphatic hydroxyl groups excluding tert-OH is 1. The van der Waals surface area contributed by atoms with Gasteiger partial charge in [-0.2, -0.15) is 0 Å². The summed E-state index contributed by atoms with van der Waals surface area (Å²) in [5, 5.41) is 15.2. The second kappa shape index (κ2) is 8.70. The number of hydrogen-bond acceptors (Lipinski definition) is 4. The van der Waals surface area contributed by atoms with Crippen molar-refractivity contribution in [3.63, 3.8) is 0 Å². The van der Waals surface area contributed by atoms with Gasteiger partial charge in [0, 0.05) is 11.3 Å². The fourth-order valence-corrected chi connectivity index (χ4v) is 3.12. The average molecular weight is 333 g/mol. The number of hydrogen-bond donors (Lipinski definition) is 2. The van der Waals surface area contributed by atoms with Gasteiger partial charge in [0.05, 0.1) is 19.3 Å². The summed E-state index contributed by atoms with van der Waals surface area (Å²) in [7, 11) is 1.60. The summed E-state index contributed by atoms with van der Waals surface area (Å²) < 4.78 is 5.10. The first-order chi connectivity index (χ1) is 11.1. The van der Waals surface area contributed by atoms with Gasteiger partial charge in [-0.3, -0.25) is 4.79 Å². The SMILES string of the molecule is COc1ccc(C(O)C(C)NC(=O)CCCc2cccs2)cc1. The zero-order valence-electron chi connectivity index (χ0n) is 13.5. The van der Waals surface area contributed by atoms with Crippen molar-refractivity contribution in [2.75, 3.05) is 7.11 Å². The molecule has 0 aliphatic rings. The van der Waals surface area contributed by atoms with E-state index in [9.17, 15) is 9.90 Å². The molecule has 1 amide bonds. The van der Waals surface area contributed by atoms with Crippen LogP contribution in [0.5, 0.6) is 5.75 Å². The maximum Gasteiger partial charge on any atom is 0.220 e. The minimum atomic E-state index is -0.734. The van der Waals surface area contributed by atoms with E-state index in [2.05, 4.69) is 11.4 Å². The Kier molecular flexibility index (Phi) is 6.62. The van der Waals surface area contributed by atoms with E-state index >= 15 is 0 Å². The quantitative estimate of drug-likeness (QED) is 0.779. The highest BCUT2D eigenvalue weighted by Gasteiger charge is 2.18. The lowest BCUT2D eigenvalue weighted by atomic mass is 10.0. The lowest BCUT2D eigenvalue weighted by Crippen LogP contribution is -2.36. The number of carbonyl (C=O) groups excluding carboxylic acids is 1. The van der Waals surface area contributed by atoms with E-state index in [0.717, 1.165) is 24.2 Å². The fraction of sp³-hybridized carbons (Fsp3) is 0.389. The molecule has 0 aliphatic heterocycles. The Hall–Kier alpha value is -1.85. The number of methoxy groups -OCH3 is 1. The van der Waals surface area contributed by atoms with Gasteiger partial charge in [-0.1, -0.05) is 18.2 Å². The van der Waals surface area contributed by atoms with Gasteiger partial charge in [0.1, 0.15) is 5.75 Å². The van der Waals surface area contributed by atoms with E-state index < -0.39 is 6.10 Å². The molecule has 0 bridgehead atoms. The van der Waals surface area contributed by atoms with Crippen molar-refractivity contribution in [1.29, 1.82) is 0 Å². The van der Waals surface area contributed by atoms with Crippen molar-refractivity contribution < 1.29 is 14.6 Å². The molecule has 0 fully saturated rings. The number of ether oxygens (including phenoxy) is 1. The highest BCUT2D eigenvalue weighted by atomic mass is 32.1. The van der Waals surface area contributed by atoms with E-state index in [-0.39, 0.29) is 11.9 Å². The van der Waals surface area contributed by atoms with Gasteiger partial charge in [-0.05, 0) is 48.9 Å². The Morgan fingerprint density at radius 2 is 2.04 bits per heavy atom. The average Bonchev–Trinajstić information content (AvgIpc) is 3.07. The maximum absolute atomic E-state index is 12.0. The molecule has 0 saturated heterocycles. The predicted octanol–water partition coefficient (Wildman–Crippen LogP) is 3.32. The number of rotatable bonds is 8. The first kappa shape index (κ1) is 17.5. The smallest absolute Gasteiger partial charge is 0.220 e. The van der Waals surface area contributed by atoms with Crippen molar-refractivity contribution in [3.05, 3.63) is 52.2 Å². The Morgan fingerprint density at radius 1 is 1.30 bits per heavy atom. The van der Waals surface area contributed by atoms with Crippen molar-refractivity contribution >= 4 is 17.2 Å². The van der Waals surface area contributed by atoms with E-state index in [0.29, 0.717) is 6.42 Å². The lowest BCUT2D eigenvalue weighted by Gasteiger charge is -2.21. The molecule has 0 saturated carbocycles. The monoisotopic (exact) mass is 333 g/mol. The molecule has 0 aliphatic carbocycles. The van der Waals surface area contributed by atoms with Crippen molar-refractivity contribution in [2.45, 2.75) is 38.3 Å². The third-order valence-corrected chi connectivity index (χ3v) is 4.66. The van der Waals surface area contributed by atoms with Gasteiger partial charge >= 0.3 is 0 Å². The standard InChI is InChI=1S/C18H23NO3S/c1-13(18(21)14-8-10-15(22-2)11-9-14)19-17(20)7-3-5-16-6-4-12-23-16/h4,6,8-13,18,21H,3,5,7H2,1-2H3,(H,19,20). The molecule has 0 radical (unpaired) electrons. The summed E-state index contributed by atoms with van der Waals surface area (Å²) >= 11 is 1.71. The number of aryl methyl sites for hydroxylation is 1. The molecular weight excluding hydrogens is 310 g/mol. The number of thiophene rings is 1. The molecule has 5 heteroatoms. The Bertz CT molecular complexity index is 595. The minimum absolute atomic E-state index is 0.0263. The van der Waals surface area contributed by atoms with E-state index in [1.807, 2.05) is 30.5 Å². The van der Waals surface area contributed by atoms with Crippen LogP contribution in [-0.4, -0.2) is 24.2 Å². The topological polar surface area (TPSA) is 58.6 Å². The zero-order chi connectivity index (χ0) is 16.7. The van der Waals surface area contributed by atoms with E-state index in [4.69, 9.17) is 4.74 Å². The summed E-state index contributed by atoms with van der Waals surface area (Å²) in [6, 6.07) is 11.0. The van der Waals surface area contributed by atoms with Crippen LogP contribution in [0, 0.1) is 0 Å². The van der Waals surface area contributed by atoms with Crippen LogP contribution < -0.4 is 10.1 Å². The molecule has 1 aromatic heterocycles. The van der Waals surface area contributed by atoms with Gasteiger partial charge in [0.2, 0.25) is 5.91 Å². The van der Waals surface area contributed by atoms with Crippen LogP contribution in [0.1, 0.15) is 36.3 Å². The Balaban J connectivity index is 1.77. The number of benzene rings is 1. The van der Waals surface area contributed by atoms with E-state index in [1.54, 1.807) is 30.6 Å². The molecule has 124 valence electrons. The maximum atomic E-state index is 12.0. The van der Waals surface area contributed by atoms with Crippen LogP contribution in [0.4, 0.5) is 0 Å². The summed E-state index contributed by atoms with van der Waals surface area (Å²) in [6.45, 7) is 1.81. The largest absolute Gasteiger partial charge is 0.497 e. The molecule has 0 spiro atoms. The molecule has 2 aromatic rings. The highest BCUT2D eigenvalue weighted by molar-refractivity contribution is 7.09. The number of nitrogens with one attached hydrogen (secondary N) is 1. The number of carbonyl (C=O) groups is 1.